The van der Waals surface area contributed by atoms with Crippen molar-refractivity contribution >= 4 is 61.4 Å². The second kappa shape index (κ2) is 24.1. The topological polar surface area (TPSA) is 0 Å². The third kappa shape index (κ3) is 17.9. The largest absolute Gasteiger partial charge is 1.00 e. The summed E-state index contributed by atoms with van der Waals surface area (Å²) in [6.45, 7) is 0. The molecular weight excluding hydrogens is 452 g/mol. The van der Waals surface area contributed by atoms with Crippen LogP contribution >= 0.6 is 61.4 Å². The van der Waals surface area contributed by atoms with Gasteiger partial charge in [-0.15, -0.1) is 48.0 Å². The fourth-order valence-corrected chi connectivity index (χ4v) is 0. The Balaban J connectivity index is 0. The van der Waals surface area contributed by atoms with E-state index in [0.29, 0.717) is 0 Å². The van der Waals surface area contributed by atoms with Gasteiger partial charge in [0.15, 0.2) is 0 Å². The zero-order valence-electron chi connectivity index (χ0n) is 2.69. The standard InChI is InChI=1S/3HI.K.H2S/h3*1H;;1H2/q;;;+1;/p-1. The molecule has 0 spiro atoms. The molecule has 0 amide bonds. The molecule has 5 heteroatoms. The van der Waals surface area contributed by atoms with Crippen LogP contribution in [0.4, 0.5) is 0 Å². The maximum absolute atomic E-state index is 0. The third-order valence-corrected chi connectivity index (χ3v) is 0. The molecular formula is H4I3KS. The van der Waals surface area contributed by atoms with Crippen LogP contribution in [0.1, 0.15) is 0 Å². The molecule has 0 saturated carbocycles. The van der Waals surface area contributed by atoms with Crippen molar-refractivity contribution in [2.75, 3.05) is 0 Å². The minimum atomic E-state index is 0. The smallest absolute Gasteiger partial charge is 1.00 e. The molecule has 0 heterocycles. The average Bonchev–Trinajstić information content (AvgIpc) is 0. The first kappa shape index (κ1) is 35.2. The van der Waals surface area contributed by atoms with Crippen LogP contribution in [-0.2, 0) is 0 Å². The first-order valence-electron chi connectivity index (χ1n) is 0. The summed E-state index contributed by atoms with van der Waals surface area (Å²) in [5.41, 5.74) is 0. The molecule has 0 saturated heterocycles. The normalized spacial score (nSPS) is 0. The predicted molar refractivity (Wildman–Crippen MR) is 41.2 cm³/mol. The zero-order valence-corrected chi connectivity index (χ0v) is 13.6. The van der Waals surface area contributed by atoms with Crippen LogP contribution in [0.5, 0.6) is 0 Å². The Morgan fingerprint density at radius 3 is 0.800 bits per heavy atom. The predicted octanol–water partition coefficient (Wildman–Crippen LogP) is -4.64. The van der Waals surface area contributed by atoms with Gasteiger partial charge in [-0.2, -0.15) is 13.5 Å². The van der Waals surface area contributed by atoms with Gasteiger partial charge in [-0.25, -0.2) is 0 Å². The van der Waals surface area contributed by atoms with Gasteiger partial charge in [-0.05, 0) is 0 Å². The molecule has 0 fully saturated rings. The number of hydrogen-bond donors (Lipinski definition) is 0. The summed E-state index contributed by atoms with van der Waals surface area (Å²) in [6.07, 6.45) is 0. The van der Waals surface area contributed by atoms with E-state index in [1.807, 2.05) is 0 Å². The monoisotopic (exact) mass is 456 g/mol. The summed E-state index contributed by atoms with van der Waals surface area (Å²) >= 11 is 0. The average molecular weight is 456 g/mol. The fraction of sp³-hybridized carbons (Fsp3) is 0. The van der Waals surface area contributed by atoms with E-state index in [9.17, 15) is 0 Å². The maximum atomic E-state index is 0. The van der Waals surface area contributed by atoms with E-state index in [1.54, 1.807) is 0 Å². The summed E-state index contributed by atoms with van der Waals surface area (Å²) in [6, 6.07) is 0. The number of halogens is 3. The van der Waals surface area contributed by atoms with Gasteiger partial charge < -0.3 is 24.0 Å². The van der Waals surface area contributed by atoms with Crippen LogP contribution in [0.2, 0.25) is 0 Å². The summed E-state index contributed by atoms with van der Waals surface area (Å²) in [5.74, 6) is 0. The Morgan fingerprint density at radius 2 is 0.800 bits per heavy atom. The van der Waals surface area contributed by atoms with E-state index in [2.05, 4.69) is 0 Å². The Kier molecular flexibility index (Phi) is 170. The van der Waals surface area contributed by atoms with Crippen molar-refractivity contribution in [1.29, 1.82) is 0 Å². The van der Waals surface area contributed by atoms with E-state index in [-0.39, 0.29) is 137 Å². The summed E-state index contributed by atoms with van der Waals surface area (Å²) in [7, 11) is 0. The van der Waals surface area contributed by atoms with Crippen LogP contribution in [0.3, 0.4) is 0 Å². The molecule has 0 unspecified atom stereocenters. The molecule has 0 aromatic heterocycles. The van der Waals surface area contributed by atoms with Crippen molar-refractivity contribution in [2.24, 2.45) is 0 Å². The van der Waals surface area contributed by atoms with Gasteiger partial charge in [0.25, 0.3) is 0 Å². The Bertz CT molecular complexity index is 6.85. The molecule has 32 valence electrons. The quantitative estimate of drug-likeness (QED) is 0.255. The van der Waals surface area contributed by atoms with Crippen LogP contribution in [0.25, 0.3) is 0 Å². The molecule has 0 aromatic carbocycles. The molecule has 0 aliphatic carbocycles. The fourth-order valence-electron chi connectivity index (χ4n) is 0. The van der Waals surface area contributed by atoms with Gasteiger partial charge in [0, 0.05) is 0 Å². The zero-order chi connectivity index (χ0) is 0. The van der Waals surface area contributed by atoms with Crippen LogP contribution in [-0.4, -0.2) is 0 Å². The third-order valence-electron chi connectivity index (χ3n) is 0. The van der Waals surface area contributed by atoms with Crippen LogP contribution in [0.15, 0.2) is 0 Å². The summed E-state index contributed by atoms with van der Waals surface area (Å²) < 4.78 is 0. The van der Waals surface area contributed by atoms with Gasteiger partial charge in [0.1, 0.15) is 0 Å². The summed E-state index contributed by atoms with van der Waals surface area (Å²) in [4.78, 5) is 0. The van der Waals surface area contributed by atoms with Crippen molar-refractivity contribution in [1.82, 2.24) is 0 Å². The first-order chi connectivity index (χ1) is 0. The van der Waals surface area contributed by atoms with Crippen molar-refractivity contribution in [2.45, 2.75) is 0 Å². The van der Waals surface area contributed by atoms with Gasteiger partial charge >= 0.3 is 51.4 Å². The molecule has 0 aliphatic heterocycles. The second-order valence-corrected chi connectivity index (χ2v) is 0. The van der Waals surface area contributed by atoms with Gasteiger partial charge in [0.2, 0.25) is 0 Å². The minimum Gasteiger partial charge on any atom is -1.00 e. The maximum Gasteiger partial charge on any atom is 1.00 e. The number of hydrogen-bond acceptors (Lipinski definition) is 0. The van der Waals surface area contributed by atoms with Crippen molar-refractivity contribution in [3.8, 4) is 0 Å². The first-order valence-corrected chi connectivity index (χ1v) is 0. The molecule has 0 radical (unpaired) electrons. The SMILES string of the molecule is I.I.S.[I-].[K+]. The van der Waals surface area contributed by atoms with Crippen LogP contribution in [0, 0.1) is 0 Å². The molecule has 0 N–H and O–H groups in total. The summed E-state index contributed by atoms with van der Waals surface area (Å²) in [5, 5.41) is 0. The molecule has 0 rings (SSSR count). The van der Waals surface area contributed by atoms with E-state index < -0.39 is 0 Å². The molecule has 0 bridgehead atoms. The van der Waals surface area contributed by atoms with E-state index in [1.165, 1.54) is 0 Å². The van der Waals surface area contributed by atoms with E-state index in [4.69, 9.17) is 0 Å². The van der Waals surface area contributed by atoms with Crippen molar-refractivity contribution in [3.05, 3.63) is 0 Å². The van der Waals surface area contributed by atoms with E-state index >= 15 is 0 Å². The van der Waals surface area contributed by atoms with Crippen molar-refractivity contribution < 1.29 is 75.4 Å². The molecule has 5 heavy (non-hydrogen) atoms. The van der Waals surface area contributed by atoms with Crippen LogP contribution < -0.4 is 75.4 Å². The molecule has 0 aliphatic rings. The Hall–Kier alpha value is 4.18. The van der Waals surface area contributed by atoms with E-state index in [0.717, 1.165) is 0 Å². The molecule has 0 atom stereocenters. The second-order valence-electron chi connectivity index (χ2n) is 0. The van der Waals surface area contributed by atoms with Gasteiger partial charge in [0.05, 0.1) is 0 Å². The van der Waals surface area contributed by atoms with Crippen molar-refractivity contribution in [3.63, 3.8) is 0 Å². The number of rotatable bonds is 0. The minimum absolute atomic E-state index is 0. The molecule has 0 nitrogen and oxygen atoms in total. The van der Waals surface area contributed by atoms with Gasteiger partial charge in [-0.3, -0.25) is 0 Å². The molecule has 0 aromatic rings. The Morgan fingerprint density at radius 1 is 0.800 bits per heavy atom. The van der Waals surface area contributed by atoms with Gasteiger partial charge in [-0.1, -0.05) is 0 Å². The Labute approximate surface area is 133 Å².